The largest absolute Gasteiger partial charge is 0.490 e. The summed E-state index contributed by atoms with van der Waals surface area (Å²) in [5, 5.41) is 3.07. The lowest BCUT2D eigenvalue weighted by Crippen LogP contribution is -2.54. The van der Waals surface area contributed by atoms with Crippen LogP contribution in [0.25, 0.3) is 6.08 Å². The van der Waals surface area contributed by atoms with Crippen LogP contribution in [0.4, 0.5) is 14.9 Å². The summed E-state index contributed by atoms with van der Waals surface area (Å²) in [5.74, 6) is -1.78. The first-order valence-electron chi connectivity index (χ1n) is 10.9. The van der Waals surface area contributed by atoms with E-state index in [2.05, 4.69) is 5.32 Å². The maximum absolute atomic E-state index is 13.3. The predicted molar refractivity (Wildman–Crippen MR) is 139 cm³/mol. The Hall–Kier alpha value is -3.59. The van der Waals surface area contributed by atoms with Gasteiger partial charge < -0.3 is 9.47 Å². The molecule has 190 valence electrons. The third-order valence-electron chi connectivity index (χ3n) is 5.20. The summed E-state index contributed by atoms with van der Waals surface area (Å²) in [7, 11) is 0. The van der Waals surface area contributed by atoms with E-state index in [0.717, 1.165) is 22.6 Å². The average Bonchev–Trinajstić information content (AvgIpc) is 2.84. The van der Waals surface area contributed by atoms with Gasteiger partial charge in [0.1, 0.15) is 18.0 Å². The Morgan fingerprint density at radius 2 is 1.65 bits per heavy atom. The van der Waals surface area contributed by atoms with Gasteiger partial charge in [0.15, 0.2) is 11.5 Å². The number of amides is 4. The van der Waals surface area contributed by atoms with E-state index in [0.29, 0.717) is 15.6 Å². The monoisotopic (exact) mass is 562 g/mol. The Balaban J connectivity index is 1.65. The second-order valence-corrected chi connectivity index (χ2v) is 8.96. The number of carbonyl (C=O) groups excluding carboxylic acids is 3. The van der Waals surface area contributed by atoms with Crippen LogP contribution in [0.3, 0.4) is 0 Å². The molecule has 1 fully saturated rings. The van der Waals surface area contributed by atoms with Gasteiger partial charge >= 0.3 is 6.03 Å². The van der Waals surface area contributed by atoms with Crippen molar-refractivity contribution in [3.05, 3.63) is 92.2 Å². The zero-order chi connectivity index (χ0) is 26.7. The molecule has 0 saturated carbocycles. The van der Waals surface area contributed by atoms with E-state index < -0.39 is 23.7 Å². The molecular weight excluding hydrogens is 546 g/mol. The van der Waals surface area contributed by atoms with Crippen molar-refractivity contribution in [1.29, 1.82) is 0 Å². The quantitative estimate of drug-likeness (QED) is 0.265. The molecule has 0 atom stereocenters. The van der Waals surface area contributed by atoms with Crippen LogP contribution in [0, 0.1) is 5.82 Å². The van der Waals surface area contributed by atoms with E-state index in [1.54, 1.807) is 31.2 Å². The van der Waals surface area contributed by atoms with Crippen molar-refractivity contribution in [2.24, 2.45) is 0 Å². The molecule has 0 bridgehead atoms. The third-order valence-corrected chi connectivity index (χ3v) is 6.22. The van der Waals surface area contributed by atoms with Gasteiger partial charge in [0.05, 0.1) is 27.4 Å². The highest BCUT2D eigenvalue weighted by Crippen LogP contribution is 2.38. The fourth-order valence-corrected chi connectivity index (χ4v) is 4.10. The first-order valence-corrected chi connectivity index (χ1v) is 12.0. The van der Waals surface area contributed by atoms with Gasteiger partial charge in [-0.3, -0.25) is 14.9 Å². The highest BCUT2D eigenvalue weighted by Gasteiger charge is 2.37. The molecule has 0 aromatic heterocycles. The van der Waals surface area contributed by atoms with Crippen LogP contribution in [-0.2, 0) is 16.2 Å². The maximum atomic E-state index is 13.3. The van der Waals surface area contributed by atoms with Gasteiger partial charge in [-0.05, 0) is 72.7 Å². The van der Waals surface area contributed by atoms with Crippen molar-refractivity contribution in [3.63, 3.8) is 0 Å². The number of nitrogens with zero attached hydrogens (tertiary/aromatic N) is 1. The number of hydrogen-bond donors (Lipinski definition) is 1. The number of imide groups is 2. The van der Waals surface area contributed by atoms with Gasteiger partial charge in [0, 0.05) is 0 Å². The summed E-state index contributed by atoms with van der Waals surface area (Å²) in [5.41, 5.74) is 0.865. The van der Waals surface area contributed by atoms with E-state index in [1.807, 2.05) is 0 Å². The number of benzene rings is 3. The molecular formula is C26H18Cl3FN2O5. The summed E-state index contributed by atoms with van der Waals surface area (Å²) < 4.78 is 24.9. The SMILES string of the molecule is CCOc1cc(/C=C2\C(=O)NC(=O)N(c3ccc(F)cc3)C2=O)cc(Cl)c1OCc1ccc(Cl)c(Cl)c1. The fourth-order valence-electron chi connectivity index (χ4n) is 3.51. The first kappa shape index (κ1) is 26.5. The summed E-state index contributed by atoms with van der Waals surface area (Å²) in [6.07, 6.45) is 1.28. The standard InChI is InChI=1S/C26H18Cl3FN2O5/c1-2-36-22-12-15(11-21(29)23(22)37-13-14-3-8-19(27)20(28)10-14)9-18-24(33)31-26(35)32(25(18)34)17-6-4-16(30)5-7-17/h3-12H,2,13H2,1H3,(H,31,33,35)/b18-9+. The molecule has 1 heterocycles. The van der Waals surface area contributed by atoms with E-state index in [9.17, 15) is 18.8 Å². The minimum Gasteiger partial charge on any atom is -0.490 e. The van der Waals surface area contributed by atoms with E-state index in [1.165, 1.54) is 24.3 Å². The Morgan fingerprint density at radius 3 is 2.32 bits per heavy atom. The second kappa shape index (κ2) is 11.2. The summed E-state index contributed by atoms with van der Waals surface area (Å²) >= 11 is 18.5. The van der Waals surface area contributed by atoms with Gasteiger partial charge in [-0.1, -0.05) is 40.9 Å². The Labute approximate surface area is 226 Å². The molecule has 0 unspecified atom stereocenters. The average molecular weight is 564 g/mol. The van der Waals surface area contributed by atoms with Gasteiger partial charge in [-0.15, -0.1) is 0 Å². The lowest BCUT2D eigenvalue weighted by Gasteiger charge is -2.26. The molecule has 4 rings (SSSR count). The van der Waals surface area contributed by atoms with Crippen LogP contribution in [0.2, 0.25) is 15.1 Å². The lowest BCUT2D eigenvalue weighted by atomic mass is 10.1. The predicted octanol–water partition coefficient (Wildman–Crippen LogP) is 6.43. The highest BCUT2D eigenvalue weighted by atomic mass is 35.5. The van der Waals surface area contributed by atoms with E-state index in [-0.39, 0.29) is 41.0 Å². The molecule has 11 heteroatoms. The van der Waals surface area contributed by atoms with Gasteiger partial charge in [0.25, 0.3) is 11.8 Å². The summed E-state index contributed by atoms with van der Waals surface area (Å²) in [4.78, 5) is 38.7. The number of carbonyl (C=O) groups is 3. The third kappa shape index (κ3) is 5.88. The van der Waals surface area contributed by atoms with Crippen LogP contribution in [-0.4, -0.2) is 24.5 Å². The minimum atomic E-state index is -0.946. The number of urea groups is 1. The molecule has 0 spiro atoms. The molecule has 1 aliphatic heterocycles. The van der Waals surface area contributed by atoms with E-state index >= 15 is 0 Å². The maximum Gasteiger partial charge on any atom is 0.335 e. The van der Waals surface area contributed by atoms with Crippen LogP contribution >= 0.6 is 34.8 Å². The minimum absolute atomic E-state index is 0.0985. The second-order valence-electron chi connectivity index (χ2n) is 7.73. The van der Waals surface area contributed by atoms with E-state index in [4.69, 9.17) is 44.3 Å². The summed E-state index contributed by atoms with van der Waals surface area (Å²) in [6.45, 7) is 2.17. The molecule has 0 aliphatic carbocycles. The Kier molecular flexibility index (Phi) is 8.02. The van der Waals surface area contributed by atoms with Crippen LogP contribution in [0.1, 0.15) is 18.1 Å². The number of halogens is 4. The number of anilines is 1. The number of rotatable bonds is 7. The van der Waals surface area contributed by atoms with Crippen LogP contribution in [0.15, 0.2) is 60.2 Å². The van der Waals surface area contributed by atoms with Crippen LogP contribution < -0.4 is 19.7 Å². The number of nitrogens with one attached hydrogen (secondary N) is 1. The zero-order valence-corrected chi connectivity index (χ0v) is 21.5. The van der Waals surface area contributed by atoms with Crippen LogP contribution in [0.5, 0.6) is 11.5 Å². The van der Waals surface area contributed by atoms with Crippen molar-refractivity contribution < 1.29 is 28.2 Å². The number of hydrogen-bond acceptors (Lipinski definition) is 5. The van der Waals surface area contributed by atoms with Crippen molar-refractivity contribution >= 4 is 64.4 Å². The van der Waals surface area contributed by atoms with Crippen molar-refractivity contribution in [2.45, 2.75) is 13.5 Å². The topological polar surface area (TPSA) is 84.9 Å². The lowest BCUT2D eigenvalue weighted by molar-refractivity contribution is -0.122. The fraction of sp³-hybridized carbons (Fsp3) is 0.115. The van der Waals surface area contributed by atoms with Gasteiger partial charge in [-0.25, -0.2) is 14.1 Å². The molecule has 3 aromatic carbocycles. The van der Waals surface area contributed by atoms with Gasteiger partial charge in [-0.2, -0.15) is 0 Å². The molecule has 4 amide bonds. The smallest absolute Gasteiger partial charge is 0.335 e. The molecule has 37 heavy (non-hydrogen) atoms. The molecule has 0 radical (unpaired) electrons. The van der Waals surface area contributed by atoms with Gasteiger partial charge in [0.2, 0.25) is 0 Å². The highest BCUT2D eigenvalue weighted by molar-refractivity contribution is 6.42. The summed E-state index contributed by atoms with van der Waals surface area (Å²) in [6, 6.07) is 11.9. The van der Waals surface area contributed by atoms with Crippen molar-refractivity contribution in [3.8, 4) is 11.5 Å². The molecule has 1 saturated heterocycles. The van der Waals surface area contributed by atoms with Crippen molar-refractivity contribution in [1.82, 2.24) is 5.32 Å². The molecule has 1 aliphatic rings. The molecule has 1 N–H and O–H groups in total. The Morgan fingerprint density at radius 1 is 0.919 bits per heavy atom. The Bertz CT molecular complexity index is 1430. The normalized spacial score (nSPS) is 14.7. The number of ether oxygens (including phenoxy) is 2. The molecule has 7 nitrogen and oxygen atoms in total. The molecule has 3 aromatic rings. The zero-order valence-electron chi connectivity index (χ0n) is 19.2. The first-order chi connectivity index (χ1) is 17.7. The van der Waals surface area contributed by atoms with Crippen molar-refractivity contribution in [2.75, 3.05) is 11.5 Å². The number of barbiturate groups is 1.